The molecule has 25 heavy (non-hydrogen) atoms. The van der Waals surface area contributed by atoms with Crippen LogP contribution in [0, 0.1) is 17.2 Å². The molecule has 0 spiro atoms. The minimum Gasteiger partial charge on any atom is -0.351 e. The molecule has 3 aliphatic heterocycles. The highest BCUT2D eigenvalue weighted by atomic mass is 16.2. The van der Waals surface area contributed by atoms with Gasteiger partial charge in [0.2, 0.25) is 0 Å². The highest BCUT2D eigenvalue weighted by Gasteiger charge is 2.40. The number of nitrogens with zero attached hydrogens (tertiary/aromatic N) is 2. The van der Waals surface area contributed by atoms with Crippen LogP contribution in [0.3, 0.4) is 0 Å². The number of hydrogen-bond donors (Lipinski definition) is 2. The molecule has 5 heteroatoms. The number of nitriles is 1. The van der Waals surface area contributed by atoms with Gasteiger partial charge < -0.3 is 10.3 Å². The number of piperidine rings is 3. The first-order chi connectivity index (χ1) is 12.2. The summed E-state index contributed by atoms with van der Waals surface area (Å²) < 4.78 is 0. The van der Waals surface area contributed by atoms with E-state index in [0.717, 1.165) is 24.3 Å². The van der Waals surface area contributed by atoms with E-state index in [9.17, 15) is 4.79 Å². The number of benzene rings is 1. The van der Waals surface area contributed by atoms with Gasteiger partial charge in [-0.1, -0.05) is 12.1 Å². The number of carbonyl (C=O) groups excluding carboxylic acids is 1. The average molecular weight is 334 g/mol. The fourth-order valence-electron chi connectivity index (χ4n) is 4.23. The molecule has 5 rings (SSSR count). The zero-order chi connectivity index (χ0) is 17.4. The fraction of sp³-hybridized carbons (Fsp3) is 0.400. The van der Waals surface area contributed by atoms with Gasteiger partial charge in [-0.2, -0.15) is 5.26 Å². The van der Waals surface area contributed by atoms with E-state index in [1.807, 2.05) is 30.3 Å². The Kier molecular flexibility index (Phi) is 4.06. The lowest BCUT2D eigenvalue weighted by Gasteiger charge is -2.49. The first-order valence-corrected chi connectivity index (χ1v) is 8.90. The first kappa shape index (κ1) is 15.9. The highest BCUT2D eigenvalue weighted by molar-refractivity contribution is 5.93. The molecule has 0 unspecified atom stereocenters. The third kappa shape index (κ3) is 2.94. The molecule has 0 radical (unpaired) electrons. The monoisotopic (exact) mass is 334 g/mol. The van der Waals surface area contributed by atoms with E-state index < -0.39 is 0 Å². The van der Waals surface area contributed by atoms with E-state index in [-0.39, 0.29) is 11.9 Å². The summed E-state index contributed by atoms with van der Waals surface area (Å²) in [5.41, 5.74) is 2.94. The molecule has 2 aromatic rings. The average Bonchev–Trinajstić information content (AvgIpc) is 3.15. The Bertz CT molecular complexity index is 824. The Morgan fingerprint density at radius 1 is 1.28 bits per heavy atom. The van der Waals surface area contributed by atoms with Crippen LogP contribution < -0.4 is 5.32 Å². The Morgan fingerprint density at radius 2 is 2.08 bits per heavy atom. The highest BCUT2D eigenvalue weighted by Crippen LogP contribution is 2.32. The fourth-order valence-corrected chi connectivity index (χ4v) is 4.23. The second-order valence-electron chi connectivity index (χ2n) is 7.09. The van der Waals surface area contributed by atoms with Crippen molar-refractivity contribution in [3.8, 4) is 17.3 Å². The molecule has 2 atom stereocenters. The van der Waals surface area contributed by atoms with Crippen LogP contribution in [0.15, 0.2) is 36.4 Å². The van der Waals surface area contributed by atoms with E-state index in [1.54, 1.807) is 6.07 Å². The van der Waals surface area contributed by atoms with Gasteiger partial charge in [0.05, 0.1) is 11.6 Å². The number of hydrogen-bond acceptors (Lipinski definition) is 3. The van der Waals surface area contributed by atoms with E-state index in [2.05, 4.69) is 28.2 Å². The summed E-state index contributed by atoms with van der Waals surface area (Å²) in [6, 6.07) is 13.9. The van der Waals surface area contributed by atoms with E-state index >= 15 is 0 Å². The number of aromatic nitrogens is 1. The summed E-state index contributed by atoms with van der Waals surface area (Å²) in [6.07, 6.45) is 2.35. The molecule has 2 bridgehead atoms. The zero-order valence-electron chi connectivity index (χ0n) is 14.3. The number of aromatic amines is 1. The van der Waals surface area contributed by atoms with Crippen LogP contribution in [0.2, 0.25) is 0 Å². The summed E-state index contributed by atoms with van der Waals surface area (Å²) >= 11 is 0. The Hall–Kier alpha value is -2.58. The topological polar surface area (TPSA) is 71.9 Å². The third-order valence-electron chi connectivity index (χ3n) is 5.71. The minimum atomic E-state index is -0.0479. The normalized spacial score (nSPS) is 27.7. The van der Waals surface area contributed by atoms with Gasteiger partial charge in [0.25, 0.3) is 5.91 Å². The Morgan fingerprint density at radius 3 is 2.80 bits per heavy atom. The molecule has 3 aliphatic rings. The van der Waals surface area contributed by atoms with E-state index in [4.69, 9.17) is 5.26 Å². The molecule has 0 saturated carbocycles. The van der Waals surface area contributed by atoms with Crippen molar-refractivity contribution in [3.63, 3.8) is 0 Å². The van der Waals surface area contributed by atoms with Gasteiger partial charge in [-0.05, 0) is 68.6 Å². The molecule has 2 N–H and O–H groups in total. The maximum Gasteiger partial charge on any atom is 0.267 e. The second-order valence-corrected chi connectivity index (χ2v) is 7.09. The van der Waals surface area contributed by atoms with Crippen molar-refractivity contribution in [3.05, 3.63) is 47.7 Å². The zero-order valence-corrected chi connectivity index (χ0v) is 14.3. The summed E-state index contributed by atoms with van der Waals surface area (Å²) in [4.78, 5) is 18.4. The van der Waals surface area contributed by atoms with Crippen LogP contribution >= 0.6 is 0 Å². The van der Waals surface area contributed by atoms with Crippen LogP contribution in [0.25, 0.3) is 11.3 Å². The molecular formula is C20H22N4O. The standard InChI is InChI=1S/C20H22N4O/c1-13-19(15-7-9-24(13)10-8-15)23-20(25)18-6-5-17(22-18)16-4-2-3-14(11-16)12-21/h2-6,11,13,15,19,22H,7-10H2,1H3,(H,23,25)/t13-,19+/m1/s1. The molecule has 1 aromatic heterocycles. The van der Waals surface area contributed by atoms with Gasteiger partial charge in [-0.25, -0.2) is 0 Å². The predicted octanol–water partition coefficient (Wildman–Crippen LogP) is 2.77. The van der Waals surface area contributed by atoms with Crippen LogP contribution in [0.1, 0.15) is 35.8 Å². The molecule has 3 fully saturated rings. The quantitative estimate of drug-likeness (QED) is 0.906. The third-order valence-corrected chi connectivity index (χ3v) is 5.71. The van der Waals surface area contributed by atoms with Crippen molar-refractivity contribution in [1.82, 2.24) is 15.2 Å². The summed E-state index contributed by atoms with van der Waals surface area (Å²) in [5.74, 6) is 0.541. The number of amides is 1. The van der Waals surface area contributed by atoms with Gasteiger partial charge in [-0.15, -0.1) is 0 Å². The van der Waals surface area contributed by atoms with Crippen LogP contribution in [-0.4, -0.2) is 41.0 Å². The Labute approximate surface area is 147 Å². The van der Waals surface area contributed by atoms with Gasteiger partial charge in [0.1, 0.15) is 5.69 Å². The largest absolute Gasteiger partial charge is 0.351 e. The molecular weight excluding hydrogens is 312 g/mol. The maximum absolute atomic E-state index is 12.7. The minimum absolute atomic E-state index is 0.0479. The van der Waals surface area contributed by atoms with Crippen molar-refractivity contribution < 1.29 is 4.79 Å². The SMILES string of the molecule is C[C@@H]1[C@H](NC(=O)c2ccc(-c3cccc(C#N)c3)[nH]2)C2CCN1CC2. The van der Waals surface area contributed by atoms with Crippen molar-refractivity contribution >= 4 is 5.91 Å². The number of H-pyrrole nitrogens is 1. The molecule has 4 heterocycles. The van der Waals surface area contributed by atoms with E-state index in [0.29, 0.717) is 23.2 Å². The van der Waals surface area contributed by atoms with Gasteiger partial charge >= 0.3 is 0 Å². The van der Waals surface area contributed by atoms with Crippen LogP contribution in [0.5, 0.6) is 0 Å². The van der Waals surface area contributed by atoms with Gasteiger partial charge in [0, 0.05) is 17.8 Å². The summed E-state index contributed by atoms with van der Waals surface area (Å²) in [6.45, 7) is 4.52. The number of fused-ring (bicyclic) bond motifs is 3. The van der Waals surface area contributed by atoms with Gasteiger partial charge in [-0.3, -0.25) is 9.69 Å². The number of carbonyl (C=O) groups is 1. The van der Waals surface area contributed by atoms with Crippen LogP contribution in [-0.2, 0) is 0 Å². The summed E-state index contributed by atoms with van der Waals surface area (Å²) in [7, 11) is 0. The molecule has 0 aliphatic carbocycles. The number of rotatable bonds is 3. The Balaban J connectivity index is 1.50. The van der Waals surface area contributed by atoms with Crippen molar-refractivity contribution in [2.75, 3.05) is 13.1 Å². The van der Waals surface area contributed by atoms with Crippen molar-refractivity contribution in [2.45, 2.75) is 31.8 Å². The first-order valence-electron chi connectivity index (χ1n) is 8.90. The van der Waals surface area contributed by atoms with Gasteiger partial charge in [0.15, 0.2) is 0 Å². The van der Waals surface area contributed by atoms with E-state index in [1.165, 1.54) is 12.8 Å². The molecule has 3 saturated heterocycles. The lowest BCUT2D eigenvalue weighted by atomic mass is 9.79. The molecule has 5 nitrogen and oxygen atoms in total. The summed E-state index contributed by atoms with van der Waals surface area (Å²) in [5, 5.41) is 12.3. The predicted molar refractivity (Wildman–Crippen MR) is 96.0 cm³/mol. The van der Waals surface area contributed by atoms with Crippen LogP contribution in [0.4, 0.5) is 0 Å². The molecule has 128 valence electrons. The van der Waals surface area contributed by atoms with Crippen molar-refractivity contribution in [1.29, 1.82) is 5.26 Å². The smallest absolute Gasteiger partial charge is 0.267 e. The second kappa shape index (κ2) is 6.38. The maximum atomic E-state index is 12.7. The lowest BCUT2D eigenvalue weighted by Crippen LogP contribution is -2.62. The lowest BCUT2D eigenvalue weighted by molar-refractivity contribution is 0.0216. The van der Waals surface area contributed by atoms with Crippen molar-refractivity contribution in [2.24, 2.45) is 5.92 Å². The molecule has 1 aromatic carbocycles. The number of nitrogens with one attached hydrogen (secondary N) is 2. The molecule has 1 amide bonds.